The van der Waals surface area contributed by atoms with Gasteiger partial charge < -0.3 is 4.74 Å². The number of non-ortho nitro benzene ring substituents is 1. The Bertz CT molecular complexity index is 944. The molecule has 0 spiro atoms. The number of carbonyl (C=O) groups is 1. The number of hydrogen-bond acceptors (Lipinski definition) is 6. The van der Waals surface area contributed by atoms with Crippen molar-refractivity contribution < 1.29 is 27.3 Å². The highest BCUT2D eigenvalue weighted by molar-refractivity contribution is 7.93. The Hall–Kier alpha value is -3.01. The Morgan fingerprint density at radius 2 is 1.85 bits per heavy atom. The van der Waals surface area contributed by atoms with Gasteiger partial charge in [-0.2, -0.15) is 0 Å². The average Bonchev–Trinajstić information content (AvgIpc) is 2.60. The molecule has 8 nitrogen and oxygen atoms in total. The number of anilines is 1. The first kappa shape index (κ1) is 19.3. The Morgan fingerprint density at radius 1 is 1.23 bits per heavy atom. The van der Waals surface area contributed by atoms with Gasteiger partial charge in [0.05, 0.1) is 22.6 Å². The number of nitro groups is 1. The molecule has 0 saturated carbocycles. The smallest absolute Gasteiger partial charge is 0.326 e. The number of esters is 1. The quantitative estimate of drug-likeness (QED) is 0.431. The zero-order valence-corrected chi connectivity index (χ0v) is 14.7. The zero-order chi connectivity index (χ0) is 19.5. The second-order valence-electron chi connectivity index (χ2n) is 5.27. The second-order valence-corrected chi connectivity index (χ2v) is 7.10. The highest BCUT2D eigenvalue weighted by Gasteiger charge is 2.30. The van der Waals surface area contributed by atoms with Crippen LogP contribution in [-0.4, -0.2) is 33.0 Å². The highest BCUT2D eigenvalue weighted by atomic mass is 32.2. The van der Waals surface area contributed by atoms with E-state index >= 15 is 0 Å². The number of hydrogen-bond donors (Lipinski definition) is 0. The SMILES string of the molecule is COC(=O)CN(c1ccc(F)cc1)S(=O)(=O)c1cc([N+](=O)[O-])ccc1C. The minimum atomic E-state index is -4.35. The molecule has 0 aliphatic carbocycles. The van der Waals surface area contributed by atoms with Crippen LogP contribution in [0.25, 0.3) is 0 Å². The number of carbonyl (C=O) groups excluding carboxylic acids is 1. The minimum absolute atomic E-state index is 0.0164. The standard InChI is InChI=1S/C16H15FN2O6S/c1-11-3-6-14(19(21)22)9-15(11)26(23,24)18(10-16(20)25-2)13-7-4-12(17)5-8-13/h3-9H,10H2,1-2H3. The van der Waals surface area contributed by atoms with E-state index < -0.39 is 39.0 Å². The van der Waals surface area contributed by atoms with Gasteiger partial charge >= 0.3 is 5.97 Å². The maximum Gasteiger partial charge on any atom is 0.326 e. The third kappa shape index (κ3) is 3.97. The molecule has 0 amide bonds. The maximum absolute atomic E-state index is 13.2. The summed E-state index contributed by atoms with van der Waals surface area (Å²) in [6.45, 7) is 0.796. The summed E-state index contributed by atoms with van der Waals surface area (Å²) in [5.41, 5.74) is -0.137. The average molecular weight is 382 g/mol. The van der Waals surface area contributed by atoms with Crippen molar-refractivity contribution in [3.8, 4) is 0 Å². The molecule has 0 saturated heterocycles. The van der Waals surface area contributed by atoms with Crippen molar-refractivity contribution in [3.05, 3.63) is 64.0 Å². The van der Waals surface area contributed by atoms with Gasteiger partial charge in [0.25, 0.3) is 15.7 Å². The van der Waals surface area contributed by atoms with Crippen LogP contribution in [0.3, 0.4) is 0 Å². The summed E-state index contributed by atoms with van der Waals surface area (Å²) in [6.07, 6.45) is 0. The number of benzene rings is 2. The number of sulfonamides is 1. The van der Waals surface area contributed by atoms with Crippen molar-refractivity contribution in [2.45, 2.75) is 11.8 Å². The summed E-state index contributed by atoms with van der Waals surface area (Å²) in [4.78, 5) is 21.6. The van der Waals surface area contributed by atoms with E-state index in [1.165, 1.54) is 31.2 Å². The molecular formula is C16H15FN2O6S. The molecule has 0 bridgehead atoms. The third-order valence-electron chi connectivity index (χ3n) is 3.57. The van der Waals surface area contributed by atoms with Crippen LogP contribution in [0.15, 0.2) is 47.4 Å². The molecule has 10 heteroatoms. The molecule has 0 atom stereocenters. The van der Waals surface area contributed by atoms with Crippen molar-refractivity contribution in [1.82, 2.24) is 0 Å². The van der Waals surface area contributed by atoms with E-state index in [9.17, 15) is 27.7 Å². The molecule has 0 fully saturated rings. The molecule has 2 rings (SSSR count). The molecule has 0 radical (unpaired) electrons. The van der Waals surface area contributed by atoms with Gasteiger partial charge in [0, 0.05) is 12.1 Å². The van der Waals surface area contributed by atoms with Crippen molar-refractivity contribution in [3.63, 3.8) is 0 Å². The van der Waals surface area contributed by atoms with E-state index in [4.69, 9.17) is 0 Å². The molecule has 0 unspecified atom stereocenters. The van der Waals surface area contributed by atoms with Crippen molar-refractivity contribution in [2.24, 2.45) is 0 Å². The van der Waals surface area contributed by atoms with E-state index in [-0.39, 0.29) is 16.1 Å². The second kappa shape index (κ2) is 7.48. The van der Waals surface area contributed by atoms with Gasteiger partial charge in [-0.25, -0.2) is 12.8 Å². The highest BCUT2D eigenvalue weighted by Crippen LogP contribution is 2.28. The number of nitrogens with zero attached hydrogens (tertiary/aromatic N) is 2. The van der Waals surface area contributed by atoms with E-state index in [0.717, 1.165) is 25.3 Å². The zero-order valence-electron chi connectivity index (χ0n) is 13.9. The van der Waals surface area contributed by atoms with Gasteiger partial charge in [0.1, 0.15) is 12.4 Å². The van der Waals surface area contributed by atoms with Gasteiger partial charge in [-0.15, -0.1) is 0 Å². The van der Waals surface area contributed by atoms with Crippen LogP contribution in [0.4, 0.5) is 15.8 Å². The summed E-state index contributed by atoms with van der Waals surface area (Å²) < 4.78 is 44.5. The van der Waals surface area contributed by atoms with E-state index in [2.05, 4.69) is 4.74 Å². The van der Waals surface area contributed by atoms with Crippen LogP contribution in [0.2, 0.25) is 0 Å². The molecule has 2 aromatic rings. The number of rotatable bonds is 6. The van der Waals surface area contributed by atoms with Crippen LogP contribution in [0, 0.1) is 22.9 Å². The topological polar surface area (TPSA) is 107 Å². The summed E-state index contributed by atoms with van der Waals surface area (Å²) in [5.74, 6) is -1.43. The first-order valence-electron chi connectivity index (χ1n) is 7.27. The van der Waals surface area contributed by atoms with Crippen LogP contribution in [0.1, 0.15) is 5.56 Å². The molecule has 26 heavy (non-hydrogen) atoms. The fourth-order valence-corrected chi connectivity index (χ4v) is 3.86. The van der Waals surface area contributed by atoms with Crippen LogP contribution in [0.5, 0.6) is 0 Å². The Balaban J connectivity index is 2.62. The lowest BCUT2D eigenvalue weighted by molar-refractivity contribution is -0.385. The predicted molar refractivity (Wildman–Crippen MR) is 90.8 cm³/mol. The number of methoxy groups -OCH3 is 1. The molecule has 0 aromatic heterocycles. The third-order valence-corrected chi connectivity index (χ3v) is 5.48. The normalized spacial score (nSPS) is 11.0. The van der Waals surface area contributed by atoms with E-state index in [1.54, 1.807) is 0 Å². The number of nitro benzene ring substituents is 1. The minimum Gasteiger partial charge on any atom is -0.468 e. The van der Waals surface area contributed by atoms with Gasteiger partial charge in [-0.05, 0) is 36.8 Å². The monoisotopic (exact) mass is 382 g/mol. The number of aryl methyl sites for hydroxylation is 1. The van der Waals surface area contributed by atoms with Gasteiger partial charge in [0.2, 0.25) is 0 Å². The van der Waals surface area contributed by atoms with Crippen molar-refractivity contribution >= 4 is 27.4 Å². The summed E-state index contributed by atoms with van der Waals surface area (Å²) in [7, 11) is -3.26. The van der Waals surface area contributed by atoms with Gasteiger partial charge in [-0.3, -0.25) is 19.2 Å². The Morgan fingerprint density at radius 3 is 2.38 bits per heavy atom. The number of ether oxygens (including phenoxy) is 1. The maximum atomic E-state index is 13.2. The predicted octanol–water partition coefficient (Wildman–Crippen LogP) is 2.41. The first-order valence-corrected chi connectivity index (χ1v) is 8.71. The lowest BCUT2D eigenvalue weighted by Gasteiger charge is -2.24. The van der Waals surface area contributed by atoms with Gasteiger partial charge in [-0.1, -0.05) is 6.07 Å². The van der Waals surface area contributed by atoms with Crippen LogP contribution < -0.4 is 4.31 Å². The molecular weight excluding hydrogens is 367 g/mol. The van der Waals surface area contributed by atoms with Gasteiger partial charge in [0.15, 0.2) is 0 Å². The lowest BCUT2D eigenvalue weighted by atomic mass is 10.2. The molecule has 0 aliphatic heterocycles. The molecule has 0 aliphatic rings. The van der Waals surface area contributed by atoms with Crippen molar-refractivity contribution in [1.29, 1.82) is 0 Å². The molecule has 0 heterocycles. The van der Waals surface area contributed by atoms with Crippen LogP contribution in [-0.2, 0) is 19.6 Å². The molecule has 138 valence electrons. The fraction of sp³-hybridized carbons (Fsp3) is 0.188. The van der Waals surface area contributed by atoms with Crippen molar-refractivity contribution in [2.75, 3.05) is 18.0 Å². The Kier molecular flexibility index (Phi) is 5.56. The largest absolute Gasteiger partial charge is 0.468 e. The first-order chi connectivity index (χ1) is 12.2. The molecule has 2 aromatic carbocycles. The van der Waals surface area contributed by atoms with Crippen LogP contribution >= 0.6 is 0 Å². The lowest BCUT2D eigenvalue weighted by Crippen LogP contribution is -2.36. The fourth-order valence-electron chi connectivity index (χ4n) is 2.20. The Labute approximate surface area is 149 Å². The van der Waals surface area contributed by atoms with E-state index in [1.807, 2.05) is 0 Å². The summed E-state index contributed by atoms with van der Waals surface area (Å²) >= 11 is 0. The van der Waals surface area contributed by atoms with E-state index in [0.29, 0.717) is 4.31 Å². The molecule has 0 N–H and O–H groups in total. The summed E-state index contributed by atoms with van der Waals surface area (Å²) in [6, 6.07) is 7.83. The number of halogens is 1. The summed E-state index contributed by atoms with van der Waals surface area (Å²) in [5, 5.41) is 11.0.